The molecule has 0 radical (unpaired) electrons. The third-order valence-electron chi connectivity index (χ3n) is 3.59. The Kier molecular flexibility index (Phi) is 1.81. The molecule has 88 valence electrons. The van der Waals surface area contributed by atoms with Crippen LogP contribution in [0.3, 0.4) is 0 Å². The highest BCUT2D eigenvalue weighted by Crippen LogP contribution is 2.24. The molecule has 4 rings (SSSR count). The summed E-state index contributed by atoms with van der Waals surface area (Å²) in [5.74, 6) is 1.05. The second-order valence-corrected chi connectivity index (χ2v) is 4.75. The molecule has 3 nitrogen and oxygen atoms in total. The van der Waals surface area contributed by atoms with Gasteiger partial charge in [0, 0.05) is 30.3 Å². The number of fused-ring (bicyclic) bond motifs is 2. The molecular formula is C15H13N3. The van der Waals surface area contributed by atoms with Crippen molar-refractivity contribution in [3.63, 3.8) is 0 Å². The Labute approximate surface area is 105 Å². The molecule has 1 aliphatic heterocycles. The zero-order valence-electron chi connectivity index (χ0n) is 10.2. The van der Waals surface area contributed by atoms with Crippen LogP contribution in [-0.4, -0.2) is 14.8 Å². The molecule has 0 saturated carbocycles. The fraction of sp³-hybridized carbons (Fsp3) is 0.133. The summed E-state index contributed by atoms with van der Waals surface area (Å²) in [6.07, 6.45) is 4.17. The second kappa shape index (κ2) is 3.35. The number of rotatable bonds is 1. The fourth-order valence-electron chi connectivity index (χ4n) is 2.59. The zero-order valence-corrected chi connectivity index (χ0v) is 10.2. The normalized spacial score (nSPS) is 13.9. The number of nitrogens with zero attached hydrogens (tertiary/aromatic N) is 3. The van der Waals surface area contributed by atoms with Crippen LogP contribution in [0.5, 0.6) is 0 Å². The maximum absolute atomic E-state index is 4.67. The maximum Gasteiger partial charge on any atom is 0.133 e. The van der Waals surface area contributed by atoms with Gasteiger partial charge in [0.25, 0.3) is 0 Å². The largest absolute Gasteiger partial charge is 0.351 e. The summed E-state index contributed by atoms with van der Waals surface area (Å²) in [6, 6.07) is 12.8. The molecule has 0 aliphatic carbocycles. The Hall–Kier alpha value is -2.29. The molecule has 3 heterocycles. The lowest BCUT2D eigenvalue weighted by molar-refractivity contribution is 0.901. The van der Waals surface area contributed by atoms with Crippen LogP contribution >= 0.6 is 0 Å². The maximum atomic E-state index is 4.67. The van der Waals surface area contributed by atoms with Gasteiger partial charge < -0.3 is 9.13 Å². The fourth-order valence-corrected chi connectivity index (χ4v) is 2.59. The van der Waals surface area contributed by atoms with Crippen LogP contribution in [0, 0.1) is 0 Å². The highest BCUT2D eigenvalue weighted by molar-refractivity contribution is 6.05. The lowest BCUT2D eigenvalue weighted by atomic mass is 10.1. The Morgan fingerprint density at radius 3 is 2.94 bits per heavy atom. The van der Waals surface area contributed by atoms with E-state index in [0.717, 1.165) is 18.1 Å². The molecule has 0 amide bonds. The van der Waals surface area contributed by atoms with Gasteiger partial charge >= 0.3 is 0 Å². The van der Waals surface area contributed by atoms with Gasteiger partial charge in [0.15, 0.2) is 0 Å². The van der Waals surface area contributed by atoms with Gasteiger partial charge in [-0.2, -0.15) is 0 Å². The third-order valence-corrected chi connectivity index (χ3v) is 3.59. The number of benzene rings is 1. The molecule has 0 atom stereocenters. The Bertz CT molecular complexity index is 774. The molecule has 2 aromatic heterocycles. The van der Waals surface area contributed by atoms with Crippen LogP contribution in [0.1, 0.15) is 5.56 Å². The summed E-state index contributed by atoms with van der Waals surface area (Å²) in [6.45, 7) is 0.876. The van der Waals surface area contributed by atoms with Crippen molar-refractivity contribution in [1.82, 2.24) is 9.13 Å². The van der Waals surface area contributed by atoms with E-state index in [1.54, 1.807) is 0 Å². The van der Waals surface area contributed by atoms with Crippen molar-refractivity contribution < 1.29 is 0 Å². The van der Waals surface area contributed by atoms with E-state index in [4.69, 9.17) is 0 Å². The van der Waals surface area contributed by atoms with Crippen molar-refractivity contribution in [2.45, 2.75) is 6.54 Å². The van der Waals surface area contributed by atoms with Crippen LogP contribution in [0.4, 0.5) is 5.82 Å². The highest BCUT2D eigenvalue weighted by atomic mass is 15.1. The van der Waals surface area contributed by atoms with Crippen LogP contribution in [-0.2, 0) is 13.6 Å². The van der Waals surface area contributed by atoms with E-state index in [9.17, 15) is 0 Å². The first-order valence-electron chi connectivity index (χ1n) is 6.09. The minimum Gasteiger partial charge on any atom is -0.351 e. The van der Waals surface area contributed by atoms with Crippen molar-refractivity contribution in [3.8, 4) is 0 Å². The SMILES string of the molecule is Cn1ccc2cc(C3=Nc4cccn4C3)ccc21. The van der Waals surface area contributed by atoms with E-state index in [0.29, 0.717) is 0 Å². The average molecular weight is 235 g/mol. The molecule has 1 aromatic carbocycles. The van der Waals surface area contributed by atoms with Gasteiger partial charge in [-0.05, 0) is 35.9 Å². The van der Waals surface area contributed by atoms with Gasteiger partial charge in [0.05, 0.1) is 12.3 Å². The molecular weight excluding hydrogens is 222 g/mol. The quantitative estimate of drug-likeness (QED) is 0.618. The minimum atomic E-state index is 0.876. The topological polar surface area (TPSA) is 22.2 Å². The molecule has 0 unspecified atom stereocenters. The van der Waals surface area contributed by atoms with Crippen molar-refractivity contribution in [2.24, 2.45) is 12.0 Å². The summed E-state index contributed by atoms with van der Waals surface area (Å²) in [5.41, 5.74) is 3.63. The van der Waals surface area contributed by atoms with Crippen molar-refractivity contribution in [2.75, 3.05) is 0 Å². The van der Waals surface area contributed by atoms with Crippen LogP contribution in [0.2, 0.25) is 0 Å². The third kappa shape index (κ3) is 1.27. The summed E-state index contributed by atoms with van der Waals surface area (Å²) in [5, 5.41) is 1.27. The number of aromatic nitrogens is 2. The van der Waals surface area contributed by atoms with Crippen LogP contribution in [0.15, 0.2) is 53.8 Å². The van der Waals surface area contributed by atoms with E-state index in [1.165, 1.54) is 16.5 Å². The smallest absolute Gasteiger partial charge is 0.133 e. The summed E-state index contributed by atoms with van der Waals surface area (Å²) >= 11 is 0. The average Bonchev–Trinajstić information content (AvgIpc) is 3.03. The van der Waals surface area contributed by atoms with Crippen LogP contribution < -0.4 is 0 Å². The van der Waals surface area contributed by atoms with Gasteiger partial charge in [-0.1, -0.05) is 6.07 Å². The molecule has 0 bridgehead atoms. The lowest BCUT2D eigenvalue weighted by Gasteiger charge is -2.02. The molecule has 1 aliphatic rings. The molecule has 0 spiro atoms. The Morgan fingerprint density at radius 2 is 2.06 bits per heavy atom. The van der Waals surface area contributed by atoms with Gasteiger partial charge in [-0.25, -0.2) is 4.99 Å². The lowest BCUT2D eigenvalue weighted by Crippen LogP contribution is -2.04. The number of aliphatic imine (C=N–C) groups is 1. The van der Waals surface area contributed by atoms with Crippen molar-refractivity contribution in [1.29, 1.82) is 0 Å². The number of hydrogen-bond donors (Lipinski definition) is 0. The van der Waals surface area contributed by atoms with E-state index >= 15 is 0 Å². The van der Waals surface area contributed by atoms with E-state index in [1.807, 2.05) is 12.1 Å². The van der Waals surface area contributed by atoms with Crippen molar-refractivity contribution in [3.05, 3.63) is 54.4 Å². The zero-order chi connectivity index (χ0) is 12.1. The standard InChI is InChI=1S/C15H13N3/c1-17-8-6-12-9-11(4-5-14(12)17)13-10-18-7-2-3-15(18)16-13/h2-9H,10H2,1H3. The van der Waals surface area contributed by atoms with Gasteiger partial charge in [-0.3, -0.25) is 0 Å². The summed E-state index contributed by atoms with van der Waals surface area (Å²) in [7, 11) is 2.07. The van der Waals surface area contributed by atoms with E-state index < -0.39 is 0 Å². The molecule has 3 aromatic rings. The predicted molar refractivity (Wildman–Crippen MR) is 73.5 cm³/mol. The predicted octanol–water partition coefficient (Wildman–Crippen LogP) is 3.11. The highest BCUT2D eigenvalue weighted by Gasteiger charge is 2.14. The molecule has 0 saturated heterocycles. The first-order chi connectivity index (χ1) is 8.81. The number of aryl methyl sites for hydroxylation is 1. The Morgan fingerprint density at radius 1 is 1.11 bits per heavy atom. The van der Waals surface area contributed by atoms with E-state index in [-0.39, 0.29) is 0 Å². The van der Waals surface area contributed by atoms with Gasteiger partial charge in [0.1, 0.15) is 5.82 Å². The first kappa shape index (κ1) is 9.71. The summed E-state index contributed by atoms with van der Waals surface area (Å²) < 4.78 is 4.31. The molecule has 18 heavy (non-hydrogen) atoms. The second-order valence-electron chi connectivity index (χ2n) is 4.75. The molecule has 0 fully saturated rings. The Balaban J connectivity index is 1.82. The van der Waals surface area contributed by atoms with E-state index in [2.05, 4.69) is 57.8 Å². The molecule has 3 heteroatoms. The van der Waals surface area contributed by atoms with Crippen molar-refractivity contribution >= 4 is 22.4 Å². The number of hydrogen-bond acceptors (Lipinski definition) is 1. The van der Waals surface area contributed by atoms with Gasteiger partial charge in [0.2, 0.25) is 0 Å². The minimum absolute atomic E-state index is 0.876. The monoisotopic (exact) mass is 235 g/mol. The van der Waals surface area contributed by atoms with Crippen LogP contribution in [0.25, 0.3) is 10.9 Å². The van der Waals surface area contributed by atoms with Gasteiger partial charge in [-0.15, -0.1) is 0 Å². The summed E-state index contributed by atoms with van der Waals surface area (Å²) in [4.78, 5) is 4.67. The first-order valence-corrected chi connectivity index (χ1v) is 6.09. The molecule has 0 N–H and O–H groups in total.